The van der Waals surface area contributed by atoms with Gasteiger partial charge in [0.2, 0.25) is 0 Å². The van der Waals surface area contributed by atoms with Crippen LogP contribution in [-0.2, 0) is 12.8 Å². The molecule has 4 aromatic rings. The second kappa shape index (κ2) is 12.1. The Labute approximate surface area is 229 Å². The number of thiocarbonyl (C=S) groups is 1. The molecule has 0 aliphatic rings. The zero-order valence-electron chi connectivity index (χ0n) is 21.6. The fourth-order valence-corrected chi connectivity index (χ4v) is 4.07. The first-order chi connectivity index (χ1) is 18.7. The van der Waals surface area contributed by atoms with Gasteiger partial charge >= 0.3 is 6.36 Å². The van der Waals surface area contributed by atoms with Crippen molar-refractivity contribution in [3.05, 3.63) is 89.7 Å². The van der Waals surface area contributed by atoms with Crippen LogP contribution in [0, 0.1) is 0 Å². The number of alkyl halides is 3. The summed E-state index contributed by atoms with van der Waals surface area (Å²) in [5.41, 5.74) is 9.28. The van der Waals surface area contributed by atoms with E-state index < -0.39 is 6.36 Å². The average Bonchev–Trinajstić information content (AvgIpc) is 3.42. The Balaban J connectivity index is 1.40. The molecule has 1 aromatic heterocycles. The minimum atomic E-state index is -4.74. The Kier molecular flexibility index (Phi) is 8.60. The van der Waals surface area contributed by atoms with E-state index in [-0.39, 0.29) is 5.75 Å². The minimum Gasteiger partial charge on any atom is -0.406 e. The third-order valence-corrected chi connectivity index (χ3v) is 6.14. The molecule has 7 nitrogen and oxygen atoms in total. The Morgan fingerprint density at radius 3 is 2.21 bits per heavy atom. The maximum absolute atomic E-state index is 12.4. The van der Waals surface area contributed by atoms with Gasteiger partial charge in [0.15, 0.2) is 10.9 Å². The van der Waals surface area contributed by atoms with E-state index in [9.17, 15) is 13.2 Å². The lowest BCUT2D eigenvalue weighted by molar-refractivity contribution is -0.274. The highest BCUT2D eigenvalue weighted by atomic mass is 32.1. The van der Waals surface area contributed by atoms with Gasteiger partial charge in [0.05, 0.1) is 11.4 Å². The van der Waals surface area contributed by atoms with Crippen molar-refractivity contribution >= 4 is 28.7 Å². The van der Waals surface area contributed by atoms with E-state index in [2.05, 4.69) is 62.7 Å². The second-order valence-electron chi connectivity index (χ2n) is 8.55. The molecule has 0 aliphatic heterocycles. The van der Waals surface area contributed by atoms with Gasteiger partial charge in [-0.25, -0.2) is 9.67 Å². The van der Waals surface area contributed by atoms with Crippen LogP contribution >= 0.6 is 12.2 Å². The van der Waals surface area contributed by atoms with Crippen LogP contribution in [0.25, 0.3) is 17.1 Å². The number of benzene rings is 3. The van der Waals surface area contributed by atoms with Crippen LogP contribution in [0.4, 0.5) is 18.9 Å². The molecule has 0 saturated heterocycles. The number of hydrogen-bond donors (Lipinski definition) is 2. The van der Waals surface area contributed by atoms with E-state index >= 15 is 0 Å². The number of halogens is 3. The summed E-state index contributed by atoms with van der Waals surface area (Å²) >= 11 is 5.47. The fraction of sp³-hybridized carbons (Fsp3) is 0.214. The smallest absolute Gasteiger partial charge is 0.406 e. The lowest BCUT2D eigenvalue weighted by atomic mass is 10.0. The molecule has 0 saturated carbocycles. The van der Waals surface area contributed by atoms with Crippen molar-refractivity contribution in [1.29, 1.82) is 0 Å². The molecule has 0 spiro atoms. The normalized spacial score (nSPS) is 11.8. The van der Waals surface area contributed by atoms with Crippen molar-refractivity contribution in [3.63, 3.8) is 0 Å². The van der Waals surface area contributed by atoms with Crippen LogP contribution < -0.4 is 15.5 Å². The van der Waals surface area contributed by atoms with E-state index in [1.807, 2.05) is 31.2 Å². The van der Waals surface area contributed by atoms with Gasteiger partial charge in [0.1, 0.15) is 12.1 Å². The van der Waals surface area contributed by atoms with Gasteiger partial charge in [-0.15, -0.1) is 18.3 Å². The van der Waals surface area contributed by atoms with Crippen LogP contribution in [0.15, 0.2) is 78.2 Å². The largest absolute Gasteiger partial charge is 0.573 e. The molecule has 0 atom stereocenters. The Morgan fingerprint density at radius 1 is 0.974 bits per heavy atom. The van der Waals surface area contributed by atoms with Crippen molar-refractivity contribution in [2.45, 2.75) is 40.0 Å². The quantitative estimate of drug-likeness (QED) is 0.145. The maximum Gasteiger partial charge on any atom is 0.573 e. The van der Waals surface area contributed by atoms with Crippen molar-refractivity contribution in [2.75, 3.05) is 5.32 Å². The fourth-order valence-electron chi connectivity index (χ4n) is 3.92. The lowest BCUT2D eigenvalue weighted by Crippen LogP contribution is -2.26. The molecule has 39 heavy (non-hydrogen) atoms. The molecular weight excluding hydrogens is 525 g/mol. The molecule has 0 aliphatic carbocycles. The Morgan fingerprint density at radius 2 is 1.62 bits per heavy atom. The predicted octanol–water partition coefficient (Wildman–Crippen LogP) is 6.67. The summed E-state index contributed by atoms with van der Waals surface area (Å²) in [6.45, 7) is 6.09. The van der Waals surface area contributed by atoms with Crippen LogP contribution in [0.2, 0.25) is 0 Å². The second-order valence-corrected chi connectivity index (χ2v) is 8.96. The lowest BCUT2D eigenvalue weighted by Gasteiger charge is -2.15. The third kappa shape index (κ3) is 7.20. The number of para-hydroxylation sites is 1. The molecule has 3 aromatic carbocycles. The number of aromatic nitrogens is 3. The van der Waals surface area contributed by atoms with Crippen LogP contribution in [0.1, 0.15) is 37.5 Å². The molecule has 0 radical (unpaired) electrons. The van der Waals surface area contributed by atoms with Crippen molar-refractivity contribution in [1.82, 2.24) is 20.2 Å². The van der Waals surface area contributed by atoms with Crippen LogP contribution in [0.5, 0.6) is 5.75 Å². The van der Waals surface area contributed by atoms with E-state index in [1.54, 1.807) is 0 Å². The van der Waals surface area contributed by atoms with Gasteiger partial charge in [-0.05, 0) is 72.9 Å². The first-order valence-corrected chi connectivity index (χ1v) is 12.7. The summed E-state index contributed by atoms with van der Waals surface area (Å²) in [5, 5.41) is 12.6. The first-order valence-electron chi connectivity index (χ1n) is 12.3. The number of nitrogens with one attached hydrogen (secondary N) is 2. The zero-order valence-corrected chi connectivity index (χ0v) is 22.4. The molecule has 4 rings (SSSR count). The number of anilines is 1. The maximum atomic E-state index is 12.4. The molecule has 202 valence electrons. The molecule has 1 heterocycles. The number of aryl methyl sites for hydroxylation is 2. The van der Waals surface area contributed by atoms with E-state index in [1.165, 1.54) is 46.4 Å². The Hall–Kier alpha value is -4.25. The number of hydrazone groups is 1. The highest BCUT2D eigenvalue weighted by Gasteiger charge is 2.31. The molecule has 0 amide bonds. The zero-order chi connectivity index (χ0) is 28.0. The van der Waals surface area contributed by atoms with Crippen molar-refractivity contribution in [3.8, 4) is 22.8 Å². The molecule has 0 fully saturated rings. The summed E-state index contributed by atoms with van der Waals surface area (Å²) in [5.74, 6) is 0.165. The highest BCUT2D eigenvalue weighted by molar-refractivity contribution is 7.80. The van der Waals surface area contributed by atoms with Gasteiger partial charge in [0, 0.05) is 11.3 Å². The van der Waals surface area contributed by atoms with E-state index in [0.717, 1.165) is 35.4 Å². The van der Waals surface area contributed by atoms with Crippen LogP contribution in [-0.4, -0.2) is 32.0 Å². The first kappa shape index (κ1) is 27.8. The topological polar surface area (TPSA) is 76.4 Å². The molecule has 0 bridgehead atoms. The van der Waals surface area contributed by atoms with Crippen molar-refractivity contribution < 1.29 is 17.9 Å². The van der Waals surface area contributed by atoms with E-state index in [0.29, 0.717) is 16.6 Å². The average molecular weight is 553 g/mol. The van der Waals surface area contributed by atoms with Gasteiger partial charge < -0.3 is 10.1 Å². The van der Waals surface area contributed by atoms with Gasteiger partial charge in [-0.3, -0.25) is 5.43 Å². The summed E-state index contributed by atoms with van der Waals surface area (Å²) in [6, 6.07) is 19.2. The third-order valence-electron chi connectivity index (χ3n) is 5.95. The molecule has 2 N–H and O–H groups in total. The monoisotopic (exact) mass is 552 g/mol. The van der Waals surface area contributed by atoms with Crippen LogP contribution in [0.3, 0.4) is 0 Å². The van der Waals surface area contributed by atoms with Gasteiger partial charge in [0.25, 0.3) is 0 Å². The molecule has 11 heteroatoms. The number of ether oxygens (including phenoxy) is 1. The highest BCUT2D eigenvalue weighted by Crippen LogP contribution is 2.25. The SMILES string of the molecule is CCc1cccc(CC)c1NC(=S)NN=C(C)c1ccc(-c2ncn(-c3ccc(OC(F)(F)F)cc3)n2)cc1. The van der Waals surface area contributed by atoms with Gasteiger partial charge in [-0.1, -0.05) is 56.3 Å². The predicted molar refractivity (Wildman–Crippen MR) is 150 cm³/mol. The summed E-state index contributed by atoms with van der Waals surface area (Å²) in [4.78, 5) is 4.32. The summed E-state index contributed by atoms with van der Waals surface area (Å²) in [7, 11) is 0. The molecular formula is C28H27F3N6OS. The standard InChI is InChI=1S/C28H27F3N6OS/c1-4-19-7-6-8-20(5-2)25(19)33-27(39)35-34-18(3)21-9-11-22(12-10-21)26-32-17-37(36-26)23-13-15-24(16-14-23)38-28(29,30)31/h6-17H,4-5H2,1-3H3,(H2,33,35,39). The number of rotatable bonds is 8. The minimum absolute atomic E-state index is 0.304. The summed E-state index contributed by atoms with van der Waals surface area (Å²) < 4.78 is 42.5. The number of hydrogen-bond acceptors (Lipinski definition) is 5. The number of nitrogens with zero attached hydrogens (tertiary/aromatic N) is 4. The molecule has 0 unspecified atom stereocenters. The van der Waals surface area contributed by atoms with Gasteiger partial charge in [-0.2, -0.15) is 5.10 Å². The Bertz CT molecular complexity index is 1440. The summed E-state index contributed by atoms with van der Waals surface area (Å²) in [6.07, 6.45) is -1.46. The van der Waals surface area contributed by atoms with Crippen molar-refractivity contribution in [2.24, 2.45) is 5.10 Å². The van der Waals surface area contributed by atoms with E-state index in [4.69, 9.17) is 12.2 Å².